The lowest BCUT2D eigenvalue weighted by Gasteiger charge is -2.25. The Balaban J connectivity index is 2.51. The van der Waals surface area contributed by atoms with Crippen molar-refractivity contribution in [3.8, 4) is 11.8 Å². The number of carbonyl (C=O) groups is 2. The summed E-state index contributed by atoms with van der Waals surface area (Å²) in [7, 11) is 0. The summed E-state index contributed by atoms with van der Waals surface area (Å²) in [6.45, 7) is 3.44. The van der Waals surface area contributed by atoms with Crippen molar-refractivity contribution in [2.45, 2.75) is 32.2 Å². The average molecular weight is 224 g/mol. The van der Waals surface area contributed by atoms with Gasteiger partial charge in [-0.1, -0.05) is 5.92 Å². The van der Waals surface area contributed by atoms with Crippen LogP contribution in [-0.2, 0) is 4.79 Å². The lowest BCUT2D eigenvalue weighted by molar-refractivity contribution is -0.144. The normalized spacial score (nSPS) is 17.6. The van der Waals surface area contributed by atoms with Crippen molar-refractivity contribution < 1.29 is 14.7 Å². The van der Waals surface area contributed by atoms with E-state index >= 15 is 0 Å². The molecule has 0 bridgehead atoms. The lowest BCUT2D eigenvalue weighted by Crippen LogP contribution is -2.56. The van der Waals surface area contributed by atoms with Gasteiger partial charge in [0.1, 0.15) is 5.54 Å². The van der Waals surface area contributed by atoms with Crippen LogP contribution in [0.5, 0.6) is 0 Å². The van der Waals surface area contributed by atoms with E-state index < -0.39 is 17.5 Å². The molecule has 1 aliphatic carbocycles. The van der Waals surface area contributed by atoms with E-state index in [1.807, 2.05) is 0 Å². The first kappa shape index (κ1) is 12.4. The van der Waals surface area contributed by atoms with E-state index in [1.165, 1.54) is 6.92 Å². The molecular formula is C11H16N2O3. The van der Waals surface area contributed by atoms with Gasteiger partial charge in [0.05, 0.1) is 6.54 Å². The SMILES string of the molecule is CC#CCNC(=O)NC(C)(C(=O)O)C1CC1. The molecule has 0 saturated heterocycles. The second kappa shape index (κ2) is 4.88. The molecule has 1 saturated carbocycles. The molecule has 0 aliphatic heterocycles. The van der Waals surface area contributed by atoms with E-state index in [2.05, 4.69) is 22.5 Å². The Bertz CT molecular complexity index is 352. The Morgan fingerprint density at radius 2 is 2.12 bits per heavy atom. The van der Waals surface area contributed by atoms with Crippen molar-refractivity contribution >= 4 is 12.0 Å². The van der Waals surface area contributed by atoms with Gasteiger partial charge >= 0.3 is 12.0 Å². The maximum Gasteiger partial charge on any atom is 0.329 e. The van der Waals surface area contributed by atoms with Gasteiger partial charge in [-0.3, -0.25) is 0 Å². The molecule has 88 valence electrons. The molecule has 0 aromatic heterocycles. The summed E-state index contributed by atoms with van der Waals surface area (Å²) in [5, 5.41) is 14.1. The molecule has 1 fully saturated rings. The van der Waals surface area contributed by atoms with Gasteiger partial charge in [0, 0.05) is 0 Å². The van der Waals surface area contributed by atoms with Crippen LogP contribution in [0.1, 0.15) is 26.7 Å². The van der Waals surface area contributed by atoms with E-state index in [9.17, 15) is 9.59 Å². The molecule has 1 atom stereocenters. The molecule has 0 aromatic rings. The Kier molecular flexibility index (Phi) is 3.78. The first-order valence-electron chi connectivity index (χ1n) is 5.19. The van der Waals surface area contributed by atoms with Crippen LogP contribution >= 0.6 is 0 Å². The second-order valence-electron chi connectivity index (χ2n) is 4.02. The minimum atomic E-state index is -1.16. The molecule has 2 amide bonds. The van der Waals surface area contributed by atoms with Crippen LogP contribution in [0.15, 0.2) is 0 Å². The fourth-order valence-corrected chi connectivity index (χ4v) is 1.48. The van der Waals surface area contributed by atoms with Gasteiger partial charge in [-0.2, -0.15) is 0 Å². The number of hydrogen-bond acceptors (Lipinski definition) is 2. The zero-order valence-electron chi connectivity index (χ0n) is 9.46. The summed E-state index contributed by atoms with van der Waals surface area (Å²) >= 11 is 0. The molecule has 0 heterocycles. The maximum absolute atomic E-state index is 11.4. The standard InChI is InChI=1S/C11H16N2O3/c1-3-4-7-12-10(16)13-11(2,9(14)15)8-5-6-8/h8H,5-7H2,1-2H3,(H,14,15)(H2,12,13,16). The highest BCUT2D eigenvalue weighted by Crippen LogP contribution is 2.39. The summed E-state index contributed by atoms with van der Waals surface area (Å²) in [5.74, 6) is 4.35. The number of nitrogens with one attached hydrogen (secondary N) is 2. The van der Waals surface area contributed by atoms with Crippen LogP contribution in [-0.4, -0.2) is 29.2 Å². The highest BCUT2D eigenvalue weighted by Gasteiger charge is 2.48. The van der Waals surface area contributed by atoms with E-state index in [0.717, 1.165) is 12.8 Å². The van der Waals surface area contributed by atoms with Crippen LogP contribution in [0.25, 0.3) is 0 Å². The molecule has 3 N–H and O–H groups in total. The van der Waals surface area contributed by atoms with E-state index in [4.69, 9.17) is 5.11 Å². The van der Waals surface area contributed by atoms with Crippen LogP contribution in [0.3, 0.4) is 0 Å². The minimum absolute atomic E-state index is 0.0352. The zero-order chi connectivity index (χ0) is 12.2. The van der Waals surface area contributed by atoms with Crippen LogP contribution in [0, 0.1) is 17.8 Å². The average Bonchev–Trinajstić information content (AvgIpc) is 3.00. The van der Waals surface area contributed by atoms with Gasteiger partial charge in [-0.25, -0.2) is 9.59 Å². The van der Waals surface area contributed by atoms with Gasteiger partial charge in [-0.05, 0) is 32.6 Å². The Hall–Kier alpha value is -1.70. The molecule has 16 heavy (non-hydrogen) atoms. The van der Waals surface area contributed by atoms with Gasteiger partial charge in [0.2, 0.25) is 0 Å². The fourth-order valence-electron chi connectivity index (χ4n) is 1.48. The van der Waals surface area contributed by atoms with Gasteiger partial charge < -0.3 is 15.7 Å². The number of rotatable bonds is 4. The topological polar surface area (TPSA) is 78.4 Å². The van der Waals surface area contributed by atoms with Gasteiger partial charge in [0.25, 0.3) is 0 Å². The number of amides is 2. The maximum atomic E-state index is 11.4. The van der Waals surface area contributed by atoms with Crippen LogP contribution in [0.2, 0.25) is 0 Å². The van der Waals surface area contributed by atoms with Crippen molar-refractivity contribution in [2.24, 2.45) is 5.92 Å². The van der Waals surface area contributed by atoms with E-state index in [1.54, 1.807) is 6.92 Å². The number of aliphatic carboxylic acids is 1. The van der Waals surface area contributed by atoms with Crippen molar-refractivity contribution in [2.75, 3.05) is 6.54 Å². The molecule has 1 rings (SSSR count). The first-order valence-corrected chi connectivity index (χ1v) is 5.19. The minimum Gasteiger partial charge on any atom is -0.480 e. The van der Waals surface area contributed by atoms with E-state index in [-0.39, 0.29) is 12.5 Å². The summed E-state index contributed by atoms with van der Waals surface area (Å²) in [6, 6.07) is -0.487. The summed E-state index contributed by atoms with van der Waals surface area (Å²) in [4.78, 5) is 22.5. The molecule has 0 spiro atoms. The fraction of sp³-hybridized carbons (Fsp3) is 0.636. The predicted octanol–water partition coefficient (Wildman–Crippen LogP) is 0.562. The largest absolute Gasteiger partial charge is 0.480 e. The van der Waals surface area contributed by atoms with Crippen molar-refractivity contribution in [3.63, 3.8) is 0 Å². The number of carbonyl (C=O) groups excluding carboxylic acids is 1. The predicted molar refractivity (Wildman–Crippen MR) is 58.7 cm³/mol. The van der Waals surface area contributed by atoms with E-state index in [0.29, 0.717) is 0 Å². The Morgan fingerprint density at radius 1 is 1.50 bits per heavy atom. The van der Waals surface area contributed by atoms with Crippen molar-refractivity contribution in [1.82, 2.24) is 10.6 Å². The first-order chi connectivity index (χ1) is 7.50. The third-order valence-electron chi connectivity index (χ3n) is 2.73. The molecule has 1 unspecified atom stereocenters. The summed E-state index contributed by atoms with van der Waals surface area (Å²) < 4.78 is 0. The summed E-state index contributed by atoms with van der Waals surface area (Å²) in [6.07, 6.45) is 1.69. The lowest BCUT2D eigenvalue weighted by atomic mass is 9.96. The second-order valence-corrected chi connectivity index (χ2v) is 4.02. The molecule has 0 aromatic carbocycles. The quantitative estimate of drug-likeness (QED) is 0.611. The molecular weight excluding hydrogens is 208 g/mol. The van der Waals surface area contributed by atoms with Crippen LogP contribution < -0.4 is 10.6 Å². The third kappa shape index (κ3) is 2.89. The highest BCUT2D eigenvalue weighted by atomic mass is 16.4. The highest BCUT2D eigenvalue weighted by molar-refractivity contribution is 5.86. The number of carboxylic acid groups (broad SMARTS) is 1. The Morgan fingerprint density at radius 3 is 2.56 bits per heavy atom. The molecule has 1 aliphatic rings. The van der Waals surface area contributed by atoms with Crippen LogP contribution in [0.4, 0.5) is 4.79 Å². The number of carboxylic acids is 1. The summed E-state index contributed by atoms with van der Waals surface area (Å²) in [5.41, 5.74) is -1.16. The number of hydrogen-bond donors (Lipinski definition) is 3. The molecule has 5 heteroatoms. The molecule has 5 nitrogen and oxygen atoms in total. The van der Waals surface area contributed by atoms with Crippen molar-refractivity contribution in [1.29, 1.82) is 0 Å². The smallest absolute Gasteiger partial charge is 0.329 e. The van der Waals surface area contributed by atoms with Gasteiger partial charge in [0.15, 0.2) is 0 Å². The Labute approximate surface area is 94.6 Å². The number of urea groups is 1. The molecule has 0 radical (unpaired) electrons. The van der Waals surface area contributed by atoms with Gasteiger partial charge in [-0.15, -0.1) is 5.92 Å². The monoisotopic (exact) mass is 224 g/mol. The zero-order valence-corrected chi connectivity index (χ0v) is 9.46. The third-order valence-corrected chi connectivity index (χ3v) is 2.73. The van der Waals surface area contributed by atoms with Crippen molar-refractivity contribution in [3.05, 3.63) is 0 Å².